The Hall–Kier alpha value is -1.35. The van der Waals surface area contributed by atoms with Gasteiger partial charge in [0, 0.05) is 6.42 Å². The summed E-state index contributed by atoms with van der Waals surface area (Å²) in [5.41, 5.74) is 5.88. The Morgan fingerprint density at radius 1 is 1.36 bits per heavy atom. The fourth-order valence-electron chi connectivity index (χ4n) is 1.31. The minimum Gasteiger partial charge on any atom is -0.388 e. The summed E-state index contributed by atoms with van der Waals surface area (Å²) in [5, 5.41) is 9.68. The lowest BCUT2D eigenvalue weighted by molar-refractivity contribution is -0.118. The van der Waals surface area contributed by atoms with E-state index in [4.69, 9.17) is 5.73 Å². The second kappa shape index (κ2) is 5.40. The molecule has 0 spiro atoms. The van der Waals surface area contributed by atoms with Crippen molar-refractivity contribution in [1.82, 2.24) is 0 Å². The van der Waals surface area contributed by atoms with Gasteiger partial charge in [0.25, 0.3) is 0 Å². The van der Waals surface area contributed by atoms with Crippen molar-refractivity contribution in [3.8, 4) is 0 Å². The molecule has 0 saturated heterocycles. The van der Waals surface area contributed by atoms with Crippen LogP contribution >= 0.6 is 0 Å². The molecule has 1 aromatic carbocycles. The third-order valence-electron chi connectivity index (χ3n) is 2.09. The van der Waals surface area contributed by atoms with E-state index >= 15 is 0 Å². The number of benzene rings is 1. The van der Waals surface area contributed by atoms with E-state index in [-0.39, 0.29) is 5.91 Å². The average Bonchev–Trinajstić information content (AvgIpc) is 2.18. The molecule has 0 fully saturated rings. The van der Waals surface area contributed by atoms with Crippen LogP contribution in [-0.2, 0) is 4.79 Å². The number of primary amides is 1. The van der Waals surface area contributed by atoms with E-state index in [0.717, 1.165) is 5.56 Å². The number of hydrogen-bond donors (Lipinski definition) is 2. The molecule has 0 aromatic heterocycles. The third-order valence-corrected chi connectivity index (χ3v) is 2.09. The first kappa shape index (κ1) is 10.7. The summed E-state index contributed by atoms with van der Waals surface area (Å²) in [7, 11) is 0. The second-order valence-corrected chi connectivity index (χ2v) is 3.29. The molecule has 0 heterocycles. The van der Waals surface area contributed by atoms with E-state index in [1.807, 2.05) is 30.3 Å². The van der Waals surface area contributed by atoms with Crippen molar-refractivity contribution in [3.63, 3.8) is 0 Å². The first-order chi connectivity index (χ1) is 6.70. The standard InChI is InChI=1S/C11H15NO2/c12-11(14)8-4-7-10(13)9-5-2-1-3-6-9/h1-3,5-6,10,13H,4,7-8H2,(H2,12,14). The van der Waals surface area contributed by atoms with Crippen LogP contribution in [0, 0.1) is 0 Å². The van der Waals surface area contributed by atoms with Crippen LogP contribution < -0.4 is 5.73 Å². The molecule has 0 aliphatic rings. The molecule has 1 amide bonds. The number of hydrogen-bond acceptors (Lipinski definition) is 2. The van der Waals surface area contributed by atoms with Gasteiger partial charge in [-0.05, 0) is 18.4 Å². The van der Waals surface area contributed by atoms with Gasteiger partial charge in [-0.1, -0.05) is 30.3 Å². The van der Waals surface area contributed by atoms with Gasteiger partial charge in [0.05, 0.1) is 6.10 Å². The zero-order valence-corrected chi connectivity index (χ0v) is 8.02. The van der Waals surface area contributed by atoms with Gasteiger partial charge in [-0.25, -0.2) is 0 Å². The van der Waals surface area contributed by atoms with E-state index in [1.54, 1.807) is 0 Å². The maximum Gasteiger partial charge on any atom is 0.217 e. The third kappa shape index (κ3) is 3.58. The summed E-state index contributed by atoms with van der Waals surface area (Å²) < 4.78 is 0. The lowest BCUT2D eigenvalue weighted by Crippen LogP contribution is -2.10. The number of amides is 1. The van der Waals surface area contributed by atoms with E-state index < -0.39 is 6.10 Å². The van der Waals surface area contributed by atoms with E-state index in [1.165, 1.54) is 0 Å². The van der Waals surface area contributed by atoms with Crippen LogP contribution in [0.25, 0.3) is 0 Å². The molecule has 0 aliphatic carbocycles. The van der Waals surface area contributed by atoms with Gasteiger partial charge in [-0.2, -0.15) is 0 Å². The van der Waals surface area contributed by atoms with Crippen LogP contribution in [0.3, 0.4) is 0 Å². The van der Waals surface area contributed by atoms with E-state index in [9.17, 15) is 9.90 Å². The molecular weight excluding hydrogens is 178 g/mol. The van der Waals surface area contributed by atoms with Crippen LogP contribution in [0.2, 0.25) is 0 Å². The zero-order valence-electron chi connectivity index (χ0n) is 8.02. The van der Waals surface area contributed by atoms with Gasteiger partial charge in [-0.3, -0.25) is 4.79 Å². The topological polar surface area (TPSA) is 63.3 Å². The number of rotatable bonds is 5. The fraction of sp³-hybridized carbons (Fsp3) is 0.364. The number of aliphatic hydroxyl groups is 1. The Morgan fingerprint density at radius 2 is 2.00 bits per heavy atom. The van der Waals surface area contributed by atoms with Crippen LogP contribution in [0.4, 0.5) is 0 Å². The molecule has 3 nitrogen and oxygen atoms in total. The minimum absolute atomic E-state index is 0.315. The molecule has 14 heavy (non-hydrogen) atoms. The number of aliphatic hydroxyl groups excluding tert-OH is 1. The van der Waals surface area contributed by atoms with Crippen molar-refractivity contribution >= 4 is 5.91 Å². The van der Waals surface area contributed by atoms with Gasteiger partial charge in [-0.15, -0.1) is 0 Å². The summed E-state index contributed by atoms with van der Waals surface area (Å²) in [6.07, 6.45) is 1.05. The Kier molecular flexibility index (Phi) is 4.13. The summed E-state index contributed by atoms with van der Waals surface area (Å²) in [5.74, 6) is -0.315. The Labute approximate surface area is 83.6 Å². The zero-order chi connectivity index (χ0) is 10.4. The fourth-order valence-corrected chi connectivity index (χ4v) is 1.31. The van der Waals surface area contributed by atoms with Gasteiger partial charge in [0.1, 0.15) is 0 Å². The molecule has 0 radical (unpaired) electrons. The van der Waals surface area contributed by atoms with Crippen LogP contribution in [0.1, 0.15) is 30.9 Å². The maximum atomic E-state index is 10.5. The largest absolute Gasteiger partial charge is 0.388 e. The van der Waals surface area contributed by atoms with Crippen LogP contribution in [0.15, 0.2) is 30.3 Å². The van der Waals surface area contributed by atoms with Crippen molar-refractivity contribution in [2.75, 3.05) is 0 Å². The van der Waals surface area contributed by atoms with Gasteiger partial charge >= 0.3 is 0 Å². The molecular formula is C11H15NO2. The molecule has 1 unspecified atom stereocenters. The Morgan fingerprint density at radius 3 is 2.57 bits per heavy atom. The van der Waals surface area contributed by atoms with Crippen molar-refractivity contribution in [1.29, 1.82) is 0 Å². The van der Waals surface area contributed by atoms with Gasteiger partial charge in [0.2, 0.25) is 5.91 Å². The smallest absolute Gasteiger partial charge is 0.217 e. The second-order valence-electron chi connectivity index (χ2n) is 3.29. The minimum atomic E-state index is -0.490. The monoisotopic (exact) mass is 193 g/mol. The van der Waals surface area contributed by atoms with E-state index in [2.05, 4.69) is 0 Å². The molecule has 0 aliphatic heterocycles. The highest BCUT2D eigenvalue weighted by Crippen LogP contribution is 2.18. The Bertz CT molecular complexity index is 285. The molecule has 76 valence electrons. The van der Waals surface area contributed by atoms with Crippen molar-refractivity contribution < 1.29 is 9.90 Å². The molecule has 3 heteroatoms. The van der Waals surface area contributed by atoms with Gasteiger partial charge < -0.3 is 10.8 Å². The highest BCUT2D eigenvalue weighted by Gasteiger charge is 2.06. The summed E-state index contributed by atoms with van der Waals surface area (Å²) in [6.45, 7) is 0. The predicted molar refractivity (Wildman–Crippen MR) is 54.4 cm³/mol. The molecule has 0 saturated carbocycles. The average molecular weight is 193 g/mol. The lowest BCUT2D eigenvalue weighted by atomic mass is 10.0. The van der Waals surface area contributed by atoms with Crippen molar-refractivity contribution in [3.05, 3.63) is 35.9 Å². The highest BCUT2D eigenvalue weighted by molar-refractivity contribution is 5.73. The van der Waals surface area contributed by atoms with E-state index in [0.29, 0.717) is 19.3 Å². The van der Waals surface area contributed by atoms with Crippen molar-refractivity contribution in [2.45, 2.75) is 25.4 Å². The summed E-state index contributed by atoms with van der Waals surface area (Å²) >= 11 is 0. The first-order valence-electron chi connectivity index (χ1n) is 4.71. The summed E-state index contributed by atoms with van der Waals surface area (Å²) in [6, 6.07) is 9.41. The SMILES string of the molecule is NC(=O)CCCC(O)c1ccccc1. The van der Waals surface area contributed by atoms with Gasteiger partial charge in [0.15, 0.2) is 0 Å². The quantitative estimate of drug-likeness (QED) is 0.742. The predicted octanol–water partition coefficient (Wildman–Crippen LogP) is 1.38. The Balaban J connectivity index is 2.36. The van der Waals surface area contributed by atoms with Crippen LogP contribution in [-0.4, -0.2) is 11.0 Å². The normalized spacial score (nSPS) is 12.4. The highest BCUT2D eigenvalue weighted by atomic mass is 16.3. The van der Waals surface area contributed by atoms with Crippen LogP contribution in [0.5, 0.6) is 0 Å². The first-order valence-corrected chi connectivity index (χ1v) is 4.71. The maximum absolute atomic E-state index is 10.5. The molecule has 3 N–H and O–H groups in total. The molecule has 1 rings (SSSR count). The molecule has 1 aromatic rings. The van der Waals surface area contributed by atoms with Crippen molar-refractivity contribution in [2.24, 2.45) is 5.73 Å². The summed E-state index contributed by atoms with van der Waals surface area (Å²) in [4.78, 5) is 10.5. The number of nitrogens with two attached hydrogens (primary N) is 1. The number of carbonyl (C=O) groups is 1. The lowest BCUT2D eigenvalue weighted by Gasteiger charge is -2.09. The number of carbonyl (C=O) groups excluding carboxylic acids is 1. The molecule has 0 bridgehead atoms. The molecule has 1 atom stereocenters.